The van der Waals surface area contributed by atoms with Crippen LogP contribution in [0.3, 0.4) is 0 Å². The SMILES string of the molecule is CC(C)[C@@H](CO)NCc1ccc(Cl)cc1Br. The smallest absolute Gasteiger partial charge is 0.0587 e. The summed E-state index contributed by atoms with van der Waals surface area (Å²) in [6.45, 7) is 5.06. The maximum absolute atomic E-state index is 9.19. The molecule has 0 amide bonds. The van der Waals surface area contributed by atoms with Gasteiger partial charge in [0.1, 0.15) is 0 Å². The van der Waals surface area contributed by atoms with E-state index < -0.39 is 0 Å². The zero-order valence-electron chi connectivity index (χ0n) is 9.50. The van der Waals surface area contributed by atoms with Crippen LogP contribution in [0, 0.1) is 5.92 Å². The minimum Gasteiger partial charge on any atom is -0.395 e. The molecule has 0 aliphatic carbocycles. The number of rotatable bonds is 5. The van der Waals surface area contributed by atoms with Crippen molar-refractivity contribution in [2.45, 2.75) is 26.4 Å². The van der Waals surface area contributed by atoms with Gasteiger partial charge in [-0.25, -0.2) is 0 Å². The Morgan fingerprint density at radius 3 is 2.62 bits per heavy atom. The highest BCUT2D eigenvalue weighted by molar-refractivity contribution is 9.10. The van der Waals surface area contributed by atoms with Crippen molar-refractivity contribution in [3.63, 3.8) is 0 Å². The molecule has 0 aliphatic rings. The second-order valence-corrected chi connectivity index (χ2v) is 5.44. The standard InChI is InChI=1S/C12H17BrClNO/c1-8(2)12(7-16)15-6-9-3-4-10(14)5-11(9)13/h3-5,8,12,15-16H,6-7H2,1-2H3/t12-/m1/s1. The van der Waals surface area contributed by atoms with E-state index in [4.69, 9.17) is 11.6 Å². The number of hydrogen-bond donors (Lipinski definition) is 2. The number of aliphatic hydroxyl groups is 1. The molecule has 0 bridgehead atoms. The fraction of sp³-hybridized carbons (Fsp3) is 0.500. The molecule has 4 heteroatoms. The quantitative estimate of drug-likeness (QED) is 0.875. The summed E-state index contributed by atoms with van der Waals surface area (Å²) >= 11 is 9.34. The van der Waals surface area contributed by atoms with Gasteiger partial charge in [-0.2, -0.15) is 0 Å². The summed E-state index contributed by atoms with van der Waals surface area (Å²) in [6.07, 6.45) is 0. The summed E-state index contributed by atoms with van der Waals surface area (Å²) in [5, 5.41) is 13.2. The van der Waals surface area contributed by atoms with Crippen molar-refractivity contribution in [2.24, 2.45) is 5.92 Å². The predicted molar refractivity (Wildman–Crippen MR) is 71.7 cm³/mol. The number of nitrogens with one attached hydrogen (secondary N) is 1. The second-order valence-electron chi connectivity index (χ2n) is 4.15. The molecule has 2 nitrogen and oxygen atoms in total. The molecule has 0 saturated carbocycles. The molecule has 1 rings (SSSR count). The molecule has 0 aromatic heterocycles. The van der Waals surface area contributed by atoms with E-state index in [2.05, 4.69) is 35.1 Å². The first-order valence-corrected chi connectivity index (χ1v) is 6.50. The van der Waals surface area contributed by atoms with Gasteiger partial charge < -0.3 is 10.4 Å². The van der Waals surface area contributed by atoms with Gasteiger partial charge in [0.2, 0.25) is 0 Å². The first-order chi connectivity index (χ1) is 7.54. The van der Waals surface area contributed by atoms with Gasteiger partial charge in [0.15, 0.2) is 0 Å². The van der Waals surface area contributed by atoms with Crippen LogP contribution in [-0.2, 0) is 6.54 Å². The van der Waals surface area contributed by atoms with Crippen LogP contribution in [0.15, 0.2) is 22.7 Å². The molecular formula is C12H17BrClNO. The van der Waals surface area contributed by atoms with Crippen molar-refractivity contribution in [2.75, 3.05) is 6.61 Å². The van der Waals surface area contributed by atoms with Crippen molar-refractivity contribution in [1.82, 2.24) is 5.32 Å². The Labute approximate surface area is 110 Å². The van der Waals surface area contributed by atoms with Crippen molar-refractivity contribution in [3.8, 4) is 0 Å². The van der Waals surface area contributed by atoms with Crippen LogP contribution in [0.4, 0.5) is 0 Å². The van der Waals surface area contributed by atoms with Gasteiger partial charge in [-0.3, -0.25) is 0 Å². The van der Waals surface area contributed by atoms with Crippen molar-refractivity contribution >= 4 is 27.5 Å². The maximum Gasteiger partial charge on any atom is 0.0587 e. The monoisotopic (exact) mass is 305 g/mol. The lowest BCUT2D eigenvalue weighted by molar-refractivity contribution is 0.210. The Morgan fingerprint density at radius 2 is 2.12 bits per heavy atom. The largest absolute Gasteiger partial charge is 0.395 e. The van der Waals surface area contributed by atoms with E-state index in [9.17, 15) is 5.11 Å². The lowest BCUT2D eigenvalue weighted by Gasteiger charge is -2.20. The molecule has 0 fully saturated rings. The first kappa shape index (κ1) is 14.0. The van der Waals surface area contributed by atoms with Crippen LogP contribution in [0.5, 0.6) is 0 Å². The average Bonchev–Trinajstić information content (AvgIpc) is 2.21. The predicted octanol–water partition coefficient (Wildman–Crippen LogP) is 3.21. The van der Waals surface area contributed by atoms with Crippen LogP contribution in [0.2, 0.25) is 5.02 Å². The molecule has 0 spiro atoms. The van der Waals surface area contributed by atoms with Gasteiger partial charge in [-0.1, -0.05) is 47.4 Å². The number of aliphatic hydroxyl groups excluding tert-OH is 1. The van der Waals surface area contributed by atoms with Gasteiger partial charge in [-0.05, 0) is 23.6 Å². The third kappa shape index (κ3) is 4.06. The summed E-state index contributed by atoms with van der Waals surface area (Å²) in [6, 6.07) is 5.85. The minimum atomic E-state index is 0.127. The van der Waals surface area contributed by atoms with Crippen LogP contribution < -0.4 is 5.32 Å². The normalized spacial score (nSPS) is 13.1. The summed E-state index contributed by atoms with van der Waals surface area (Å²) in [4.78, 5) is 0. The summed E-state index contributed by atoms with van der Waals surface area (Å²) in [7, 11) is 0. The van der Waals surface area contributed by atoms with E-state index in [0.29, 0.717) is 5.92 Å². The fourth-order valence-corrected chi connectivity index (χ4v) is 2.24. The molecule has 0 heterocycles. The molecule has 2 N–H and O–H groups in total. The van der Waals surface area contributed by atoms with E-state index in [1.54, 1.807) is 0 Å². The maximum atomic E-state index is 9.19. The highest BCUT2D eigenvalue weighted by atomic mass is 79.9. The van der Waals surface area contributed by atoms with Gasteiger partial charge in [0.25, 0.3) is 0 Å². The molecule has 1 aromatic rings. The Morgan fingerprint density at radius 1 is 1.44 bits per heavy atom. The molecule has 0 saturated heterocycles. The van der Waals surface area contributed by atoms with Crippen LogP contribution in [-0.4, -0.2) is 17.8 Å². The molecule has 90 valence electrons. The van der Waals surface area contributed by atoms with Crippen LogP contribution >= 0.6 is 27.5 Å². The topological polar surface area (TPSA) is 32.3 Å². The van der Waals surface area contributed by atoms with E-state index in [1.165, 1.54) is 0 Å². The zero-order chi connectivity index (χ0) is 12.1. The highest BCUT2D eigenvalue weighted by Gasteiger charge is 2.11. The lowest BCUT2D eigenvalue weighted by atomic mass is 10.1. The van der Waals surface area contributed by atoms with Crippen molar-refractivity contribution < 1.29 is 5.11 Å². The summed E-state index contributed by atoms with van der Waals surface area (Å²) in [5.74, 6) is 0.413. The fourth-order valence-electron chi connectivity index (χ4n) is 1.42. The van der Waals surface area contributed by atoms with E-state index in [-0.39, 0.29) is 12.6 Å². The third-order valence-corrected chi connectivity index (χ3v) is 3.54. The molecule has 0 radical (unpaired) electrons. The first-order valence-electron chi connectivity index (χ1n) is 5.32. The van der Waals surface area contributed by atoms with Gasteiger partial charge in [0.05, 0.1) is 6.61 Å². The van der Waals surface area contributed by atoms with Gasteiger partial charge in [-0.15, -0.1) is 0 Å². The third-order valence-electron chi connectivity index (χ3n) is 2.57. The molecule has 16 heavy (non-hydrogen) atoms. The van der Waals surface area contributed by atoms with E-state index in [0.717, 1.165) is 21.6 Å². The highest BCUT2D eigenvalue weighted by Crippen LogP contribution is 2.21. The number of halogens is 2. The molecule has 0 aliphatic heterocycles. The van der Waals surface area contributed by atoms with Crippen molar-refractivity contribution in [3.05, 3.63) is 33.3 Å². The summed E-state index contributed by atoms with van der Waals surface area (Å²) in [5.41, 5.74) is 1.14. The number of hydrogen-bond acceptors (Lipinski definition) is 2. The number of benzene rings is 1. The van der Waals surface area contributed by atoms with Crippen LogP contribution in [0.1, 0.15) is 19.4 Å². The second kappa shape index (κ2) is 6.60. The lowest BCUT2D eigenvalue weighted by Crippen LogP contribution is -2.36. The van der Waals surface area contributed by atoms with Gasteiger partial charge >= 0.3 is 0 Å². The average molecular weight is 307 g/mol. The Hall–Kier alpha value is -0.0900. The Kier molecular flexibility index (Phi) is 5.76. The van der Waals surface area contributed by atoms with Gasteiger partial charge in [0, 0.05) is 22.1 Å². The zero-order valence-corrected chi connectivity index (χ0v) is 11.8. The Balaban J connectivity index is 2.60. The molecule has 1 atom stereocenters. The summed E-state index contributed by atoms with van der Waals surface area (Å²) < 4.78 is 0.993. The molecule has 1 aromatic carbocycles. The molecule has 0 unspecified atom stereocenters. The van der Waals surface area contributed by atoms with Crippen molar-refractivity contribution in [1.29, 1.82) is 0 Å². The van der Waals surface area contributed by atoms with E-state index >= 15 is 0 Å². The Bertz CT molecular complexity index is 344. The van der Waals surface area contributed by atoms with Crippen LogP contribution in [0.25, 0.3) is 0 Å². The minimum absolute atomic E-state index is 0.127. The van der Waals surface area contributed by atoms with E-state index in [1.807, 2.05) is 18.2 Å². The molecular weight excluding hydrogens is 289 g/mol.